The van der Waals surface area contributed by atoms with Gasteiger partial charge in [0.1, 0.15) is 11.5 Å². The highest BCUT2D eigenvalue weighted by atomic mass is 16.5. The first-order chi connectivity index (χ1) is 13.7. The summed E-state index contributed by atoms with van der Waals surface area (Å²) in [6.45, 7) is 5.03. The van der Waals surface area contributed by atoms with Gasteiger partial charge < -0.3 is 19.9 Å². The molecule has 7 heteroatoms. The van der Waals surface area contributed by atoms with Crippen LogP contribution in [0.1, 0.15) is 23.3 Å². The molecule has 0 aliphatic carbocycles. The van der Waals surface area contributed by atoms with Gasteiger partial charge >= 0.3 is 0 Å². The summed E-state index contributed by atoms with van der Waals surface area (Å²) in [4.78, 5) is 26.6. The van der Waals surface area contributed by atoms with Crippen molar-refractivity contribution in [1.82, 2.24) is 20.2 Å². The quantitative estimate of drug-likeness (QED) is 0.852. The monoisotopic (exact) mass is 381 g/mol. The molecule has 2 aliphatic rings. The lowest BCUT2D eigenvalue weighted by Crippen LogP contribution is -2.45. The van der Waals surface area contributed by atoms with Crippen molar-refractivity contribution in [2.24, 2.45) is 0 Å². The Bertz CT molecular complexity index is 800. The van der Waals surface area contributed by atoms with Gasteiger partial charge in [-0.1, -0.05) is 30.3 Å². The maximum Gasteiger partial charge on any atom is 0.270 e. The SMILES string of the molecule is CN1CCN(c2cc(C(=O)NCC3CCCO3)nc(-c3ccccc3)n2)CC1. The third kappa shape index (κ3) is 4.48. The van der Waals surface area contributed by atoms with E-state index in [-0.39, 0.29) is 12.0 Å². The summed E-state index contributed by atoms with van der Waals surface area (Å²) in [5, 5.41) is 2.98. The van der Waals surface area contributed by atoms with Gasteiger partial charge in [0.25, 0.3) is 5.91 Å². The Hall–Kier alpha value is -2.51. The summed E-state index contributed by atoms with van der Waals surface area (Å²) >= 11 is 0. The number of rotatable bonds is 5. The summed E-state index contributed by atoms with van der Waals surface area (Å²) in [5.41, 5.74) is 1.31. The third-order valence-corrected chi connectivity index (χ3v) is 5.32. The minimum Gasteiger partial charge on any atom is -0.376 e. The van der Waals surface area contributed by atoms with Gasteiger partial charge in [-0.3, -0.25) is 4.79 Å². The zero-order valence-electron chi connectivity index (χ0n) is 16.3. The van der Waals surface area contributed by atoms with E-state index in [9.17, 15) is 4.79 Å². The van der Waals surface area contributed by atoms with Crippen LogP contribution in [0.3, 0.4) is 0 Å². The third-order valence-electron chi connectivity index (χ3n) is 5.32. The van der Waals surface area contributed by atoms with E-state index in [4.69, 9.17) is 9.72 Å². The molecule has 1 N–H and O–H groups in total. The Labute approximate surface area is 165 Å². The van der Waals surface area contributed by atoms with E-state index in [1.54, 1.807) is 0 Å². The van der Waals surface area contributed by atoms with Crippen LogP contribution < -0.4 is 10.2 Å². The number of amides is 1. The molecule has 2 saturated heterocycles. The van der Waals surface area contributed by atoms with Crippen LogP contribution in [0.25, 0.3) is 11.4 Å². The Balaban J connectivity index is 1.58. The molecule has 1 aromatic carbocycles. The van der Waals surface area contributed by atoms with Gasteiger partial charge in [0.2, 0.25) is 0 Å². The molecule has 1 aromatic heterocycles. The lowest BCUT2D eigenvalue weighted by atomic mass is 10.2. The fourth-order valence-electron chi connectivity index (χ4n) is 3.57. The molecule has 2 aromatic rings. The molecule has 4 rings (SSSR count). The molecule has 7 nitrogen and oxygen atoms in total. The van der Waals surface area contributed by atoms with Crippen LogP contribution in [0, 0.1) is 0 Å². The molecule has 0 saturated carbocycles. The van der Waals surface area contributed by atoms with Gasteiger partial charge in [0.15, 0.2) is 5.82 Å². The van der Waals surface area contributed by atoms with E-state index in [1.807, 2.05) is 36.4 Å². The first-order valence-corrected chi connectivity index (χ1v) is 9.97. The minimum absolute atomic E-state index is 0.108. The Kier molecular flexibility index (Phi) is 5.83. The molecule has 2 fully saturated rings. The summed E-state index contributed by atoms with van der Waals surface area (Å²) in [6.07, 6.45) is 2.16. The van der Waals surface area contributed by atoms with Crippen molar-refractivity contribution >= 4 is 11.7 Å². The number of carbonyl (C=O) groups excluding carboxylic acids is 1. The van der Waals surface area contributed by atoms with Gasteiger partial charge in [-0.15, -0.1) is 0 Å². The number of piperazine rings is 1. The number of nitrogens with zero attached hydrogens (tertiary/aromatic N) is 4. The predicted octanol–water partition coefficient (Wildman–Crippen LogP) is 1.80. The Morgan fingerprint density at radius 3 is 2.68 bits per heavy atom. The number of hydrogen-bond acceptors (Lipinski definition) is 6. The lowest BCUT2D eigenvalue weighted by molar-refractivity contribution is 0.0853. The Morgan fingerprint density at radius 2 is 1.96 bits per heavy atom. The molecule has 28 heavy (non-hydrogen) atoms. The molecule has 0 radical (unpaired) electrons. The Morgan fingerprint density at radius 1 is 1.18 bits per heavy atom. The van der Waals surface area contributed by atoms with Crippen molar-refractivity contribution in [3.63, 3.8) is 0 Å². The molecule has 148 valence electrons. The molecule has 0 bridgehead atoms. The average Bonchev–Trinajstić information content (AvgIpc) is 3.26. The topological polar surface area (TPSA) is 70.6 Å². The van der Waals surface area contributed by atoms with E-state index >= 15 is 0 Å². The summed E-state index contributed by atoms with van der Waals surface area (Å²) in [5.74, 6) is 1.22. The fraction of sp³-hybridized carbons (Fsp3) is 0.476. The molecular formula is C21H27N5O2. The normalized spacial score (nSPS) is 20.3. The van der Waals surface area contributed by atoms with E-state index < -0.39 is 0 Å². The highest BCUT2D eigenvalue weighted by Crippen LogP contribution is 2.21. The number of nitrogens with one attached hydrogen (secondary N) is 1. The van der Waals surface area contributed by atoms with Gasteiger partial charge in [-0.25, -0.2) is 9.97 Å². The van der Waals surface area contributed by atoms with E-state index in [0.29, 0.717) is 18.1 Å². The van der Waals surface area contributed by atoms with Crippen molar-refractivity contribution in [3.05, 3.63) is 42.1 Å². The van der Waals surface area contributed by atoms with Crippen LogP contribution in [0.2, 0.25) is 0 Å². The minimum atomic E-state index is -0.176. The number of likely N-dealkylation sites (N-methyl/N-ethyl adjacent to an activating group) is 1. The van der Waals surface area contributed by atoms with E-state index in [0.717, 1.165) is 57.0 Å². The van der Waals surface area contributed by atoms with Crippen LogP contribution in [0.5, 0.6) is 0 Å². The molecule has 1 amide bonds. The maximum absolute atomic E-state index is 12.8. The first kappa shape index (κ1) is 18.8. The highest BCUT2D eigenvalue weighted by molar-refractivity contribution is 5.93. The molecule has 3 heterocycles. The van der Waals surface area contributed by atoms with Gasteiger partial charge in [0, 0.05) is 51.0 Å². The van der Waals surface area contributed by atoms with E-state index in [2.05, 4.69) is 27.1 Å². The molecule has 0 spiro atoms. The van der Waals surface area contributed by atoms with Crippen molar-refractivity contribution in [2.45, 2.75) is 18.9 Å². The van der Waals surface area contributed by atoms with E-state index in [1.165, 1.54) is 0 Å². The van der Waals surface area contributed by atoms with Crippen LogP contribution >= 0.6 is 0 Å². The van der Waals surface area contributed by atoms with Crippen LogP contribution in [0.4, 0.5) is 5.82 Å². The van der Waals surface area contributed by atoms with Crippen molar-refractivity contribution in [3.8, 4) is 11.4 Å². The standard InChI is InChI=1S/C21H27N5O2/c1-25-9-11-26(12-10-25)19-14-18(21(27)22-15-17-8-5-13-28-17)23-20(24-19)16-6-3-2-4-7-16/h2-4,6-7,14,17H,5,8-13,15H2,1H3,(H,22,27). The zero-order valence-corrected chi connectivity index (χ0v) is 16.3. The smallest absolute Gasteiger partial charge is 0.270 e. The summed E-state index contributed by atoms with van der Waals surface area (Å²) in [7, 11) is 2.12. The lowest BCUT2D eigenvalue weighted by Gasteiger charge is -2.33. The number of hydrogen-bond donors (Lipinski definition) is 1. The van der Waals surface area contributed by atoms with Crippen molar-refractivity contribution in [1.29, 1.82) is 0 Å². The summed E-state index contributed by atoms with van der Waals surface area (Å²) in [6, 6.07) is 11.6. The molecule has 1 unspecified atom stereocenters. The first-order valence-electron chi connectivity index (χ1n) is 9.97. The summed E-state index contributed by atoms with van der Waals surface area (Å²) < 4.78 is 5.60. The maximum atomic E-state index is 12.8. The number of ether oxygens (including phenoxy) is 1. The largest absolute Gasteiger partial charge is 0.376 e. The van der Waals surface area contributed by atoms with Crippen molar-refractivity contribution < 1.29 is 9.53 Å². The number of carbonyl (C=O) groups is 1. The highest BCUT2D eigenvalue weighted by Gasteiger charge is 2.21. The van der Waals surface area contributed by atoms with Gasteiger partial charge in [-0.05, 0) is 19.9 Å². The second-order valence-electron chi connectivity index (χ2n) is 7.44. The van der Waals surface area contributed by atoms with Crippen LogP contribution in [-0.2, 0) is 4.74 Å². The average molecular weight is 381 g/mol. The number of aromatic nitrogens is 2. The second-order valence-corrected chi connectivity index (χ2v) is 7.44. The fourth-order valence-corrected chi connectivity index (χ4v) is 3.57. The van der Waals surface area contributed by atoms with Crippen molar-refractivity contribution in [2.75, 3.05) is 51.3 Å². The molecule has 2 aliphatic heterocycles. The van der Waals surface area contributed by atoms with Gasteiger partial charge in [0.05, 0.1) is 6.10 Å². The van der Waals surface area contributed by atoms with Gasteiger partial charge in [-0.2, -0.15) is 0 Å². The second kappa shape index (κ2) is 8.67. The van der Waals surface area contributed by atoms with Crippen LogP contribution in [-0.4, -0.2) is 73.3 Å². The zero-order chi connectivity index (χ0) is 19.3. The molecular weight excluding hydrogens is 354 g/mol. The predicted molar refractivity (Wildman–Crippen MR) is 108 cm³/mol. The van der Waals surface area contributed by atoms with Crippen LogP contribution in [0.15, 0.2) is 36.4 Å². The molecule has 1 atom stereocenters. The number of anilines is 1. The number of benzene rings is 1.